The lowest BCUT2D eigenvalue weighted by Gasteiger charge is -2.23. The van der Waals surface area contributed by atoms with E-state index in [1.807, 2.05) is 6.07 Å². The Morgan fingerprint density at radius 2 is 2.31 bits per heavy atom. The maximum atomic E-state index is 12.5. The van der Waals surface area contributed by atoms with Crippen LogP contribution in [0, 0.1) is 17.0 Å². The van der Waals surface area contributed by atoms with Crippen molar-refractivity contribution >= 4 is 28.6 Å². The molecule has 2 aromatic rings. The number of ether oxygens (including phenoxy) is 1. The van der Waals surface area contributed by atoms with Gasteiger partial charge in [0.15, 0.2) is 5.75 Å². The lowest BCUT2D eigenvalue weighted by atomic mass is 10.1. The standard InChI is InChI=1S/C18H21N3O4S/c1-12-9-15(21(23)24)16(25-2)10-13(12)19-18(22)11-20-7-3-5-14(20)17-6-4-8-26-17/h4,6,8-10,14H,3,5,7,11H2,1-2H3,(H,19,22)/t14-/m1/s1. The second-order valence-corrected chi connectivity index (χ2v) is 7.27. The highest BCUT2D eigenvalue weighted by Crippen LogP contribution is 2.35. The van der Waals surface area contributed by atoms with Crippen molar-refractivity contribution in [2.45, 2.75) is 25.8 Å². The predicted molar refractivity (Wildman–Crippen MR) is 101 cm³/mol. The summed E-state index contributed by atoms with van der Waals surface area (Å²) >= 11 is 1.71. The van der Waals surface area contributed by atoms with Crippen molar-refractivity contribution in [2.24, 2.45) is 0 Å². The summed E-state index contributed by atoms with van der Waals surface area (Å²) in [5.41, 5.74) is 1.05. The number of anilines is 1. The van der Waals surface area contributed by atoms with Gasteiger partial charge in [0.05, 0.1) is 18.6 Å². The summed E-state index contributed by atoms with van der Waals surface area (Å²) in [4.78, 5) is 26.6. The highest BCUT2D eigenvalue weighted by Gasteiger charge is 2.28. The van der Waals surface area contributed by atoms with E-state index >= 15 is 0 Å². The Bertz CT molecular complexity index is 807. The molecule has 26 heavy (non-hydrogen) atoms. The minimum absolute atomic E-state index is 0.111. The Hall–Kier alpha value is -2.45. The van der Waals surface area contributed by atoms with E-state index in [4.69, 9.17) is 4.74 Å². The number of carbonyl (C=O) groups is 1. The fourth-order valence-corrected chi connectivity index (χ4v) is 4.20. The van der Waals surface area contributed by atoms with Crippen molar-refractivity contribution in [3.63, 3.8) is 0 Å². The summed E-state index contributed by atoms with van der Waals surface area (Å²) in [7, 11) is 1.37. The quantitative estimate of drug-likeness (QED) is 0.614. The van der Waals surface area contributed by atoms with Crippen LogP contribution in [0.4, 0.5) is 11.4 Å². The molecule has 0 spiro atoms. The number of nitro benzene ring substituents is 1. The van der Waals surface area contributed by atoms with Gasteiger partial charge in [-0.3, -0.25) is 19.8 Å². The molecule has 2 heterocycles. The van der Waals surface area contributed by atoms with E-state index in [9.17, 15) is 14.9 Å². The topological polar surface area (TPSA) is 84.7 Å². The molecule has 1 aliphatic heterocycles. The molecule has 1 amide bonds. The van der Waals surface area contributed by atoms with Crippen LogP contribution >= 0.6 is 11.3 Å². The first kappa shape index (κ1) is 18.3. The molecule has 138 valence electrons. The van der Waals surface area contributed by atoms with Gasteiger partial charge in [0.2, 0.25) is 5.91 Å². The first-order chi connectivity index (χ1) is 12.5. The Morgan fingerprint density at radius 3 is 2.96 bits per heavy atom. The minimum atomic E-state index is -0.493. The molecule has 1 aromatic carbocycles. The SMILES string of the molecule is COc1cc(NC(=O)CN2CCC[C@@H]2c2cccs2)c(C)cc1[N+](=O)[O-]. The molecule has 0 aliphatic carbocycles. The first-order valence-electron chi connectivity index (χ1n) is 8.40. The van der Waals surface area contributed by atoms with E-state index in [2.05, 4.69) is 21.7 Å². The maximum absolute atomic E-state index is 12.5. The Morgan fingerprint density at radius 1 is 1.50 bits per heavy atom. The van der Waals surface area contributed by atoms with Crippen LogP contribution in [0.1, 0.15) is 29.3 Å². The predicted octanol–water partition coefficient (Wildman–Crippen LogP) is 3.75. The number of rotatable bonds is 6. The van der Waals surface area contributed by atoms with Gasteiger partial charge < -0.3 is 10.1 Å². The number of nitrogens with one attached hydrogen (secondary N) is 1. The zero-order chi connectivity index (χ0) is 18.7. The number of thiophene rings is 1. The number of nitro groups is 1. The van der Waals surface area contributed by atoms with Crippen LogP contribution in [0.5, 0.6) is 5.75 Å². The molecule has 1 atom stereocenters. The van der Waals surface area contributed by atoms with Gasteiger partial charge in [0, 0.05) is 28.7 Å². The van der Waals surface area contributed by atoms with Crippen LogP contribution in [-0.4, -0.2) is 35.9 Å². The van der Waals surface area contributed by atoms with Crippen molar-refractivity contribution in [1.29, 1.82) is 0 Å². The molecule has 8 heteroatoms. The third-order valence-electron chi connectivity index (χ3n) is 4.58. The highest BCUT2D eigenvalue weighted by molar-refractivity contribution is 7.10. The van der Waals surface area contributed by atoms with Gasteiger partial charge in [-0.05, 0) is 43.3 Å². The number of benzene rings is 1. The van der Waals surface area contributed by atoms with E-state index in [1.54, 1.807) is 18.3 Å². The van der Waals surface area contributed by atoms with Crippen molar-refractivity contribution in [3.8, 4) is 5.75 Å². The molecular formula is C18H21N3O4S. The lowest BCUT2D eigenvalue weighted by Crippen LogP contribution is -2.32. The minimum Gasteiger partial charge on any atom is -0.490 e. The highest BCUT2D eigenvalue weighted by atomic mass is 32.1. The normalized spacial score (nSPS) is 17.2. The van der Waals surface area contributed by atoms with E-state index in [0.717, 1.165) is 19.4 Å². The molecular weight excluding hydrogens is 354 g/mol. The average Bonchev–Trinajstić information content (AvgIpc) is 3.27. The number of hydrogen-bond acceptors (Lipinski definition) is 6. The number of methoxy groups -OCH3 is 1. The monoisotopic (exact) mass is 375 g/mol. The van der Waals surface area contributed by atoms with Crippen LogP contribution in [0.25, 0.3) is 0 Å². The third kappa shape index (κ3) is 3.86. The van der Waals surface area contributed by atoms with Crippen molar-refractivity contribution in [3.05, 3.63) is 50.2 Å². The molecule has 1 fully saturated rings. The second kappa shape index (κ2) is 7.84. The number of carbonyl (C=O) groups excluding carboxylic acids is 1. The molecule has 0 radical (unpaired) electrons. The lowest BCUT2D eigenvalue weighted by molar-refractivity contribution is -0.385. The maximum Gasteiger partial charge on any atom is 0.311 e. The molecule has 1 saturated heterocycles. The number of nitrogens with zero attached hydrogens (tertiary/aromatic N) is 2. The number of aryl methyl sites for hydroxylation is 1. The summed E-state index contributed by atoms with van der Waals surface area (Å²) in [5.74, 6) is 0.000923. The summed E-state index contributed by atoms with van der Waals surface area (Å²) in [6.07, 6.45) is 2.12. The zero-order valence-electron chi connectivity index (χ0n) is 14.7. The molecule has 1 N–H and O–H groups in total. The summed E-state index contributed by atoms with van der Waals surface area (Å²) in [5, 5.41) is 16.0. The molecule has 0 unspecified atom stereocenters. The smallest absolute Gasteiger partial charge is 0.311 e. The number of hydrogen-bond donors (Lipinski definition) is 1. The van der Waals surface area contributed by atoms with Gasteiger partial charge in [-0.25, -0.2) is 0 Å². The number of amides is 1. The Kier molecular flexibility index (Phi) is 5.53. The van der Waals surface area contributed by atoms with Crippen molar-refractivity contribution in [2.75, 3.05) is 25.5 Å². The van der Waals surface area contributed by atoms with Gasteiger partial charge in [-0.15, -0.1) is 11.3 Å². The van der Waals surface area contributed by atoms with E-state index in [0.29, 0.717) is 17.8 Å². The van der Waals surface area contributed by atoms with Gasteiger partial charge in [0.1, 0.15) is 0 Å². The Balaban J connectivity index is 1.71. The molecule has 1 aromatic heterocycles. The first-order valence-corrected chi connectivity index (χ1v) is 9.28. The second-order valence-electron chi connectivity index (χ2n) is 6.29. The summed E-state index contributed by atoms with van der Waals surface area (Å²) < 4.78 is 5.08. The van der Waals surface area contributed by atoms with Crippen molar-refractivity contribution in [1.82, 2.24) is 4.90 Å². The fraction of sp³-hybridized carbons (Fsp3) is 0.389. The molecule has 7 nitrogen and oxygen atoms in total. The van der Waals surface area contributed by atoms with Crippen LogP contribution in [0.15, 0.2) is 29.6 Å². The summed E-state index contributed by atoms with van der Waals surface area (Å²) in [6, 6.07) is 7.35. The zero-order valence-corrected chi connectivity index (χ0v) is 15.5. The van der Waals surface area contributed by atoms with Gasteiger partial charge in [-0.2, -0.15) is 0 Å². The van der Waals surface area contributed by atoms with Gasteiger partial charge >= 0.3 is 5.69 Å². The van der Waals surface area contributed by atoms with Crippen LogP contribution in [0.3, 0.4) is 0 Å². The number of likely N-dealkylation sites (tertiary alicyclic amines) is 1. The van der Waals surface area contributed by atoms with Crippen LogP contribution in [0.2, 0.25) is 0 Å². The van der Waals surface area contributed by atoms with E-state index < -0.39 is 4.92 Å². The molecule has 1 aliphatic rings. The fourth-order valence-electron chi connectivity index (χ4n) is 3.31. The van der Waals surface area contributed by atoms with Gasteiger partial charge in [-0.1, -0.05) is 6.07 Å². The van der Waals surface area contributed by atoms with E-state index in [1.165, 1.54) is 24.1 Å². The van der Waals surface area contributed by atoms with Crippen LogP contribution in [-0.2, 0) is 4.79 Å². The largest absolute Gasteiger partial charge is 0.490 e. The summed E-state index contributed by atoms with van der Waals surface area (Å²) in [6.45, 7) is 2.91. The third-order valence-corrected chi connectivity index (χ3v) is 5.55. The van der Waals surface area contributed by atoms with E-state index in [-0.39, 0.29) is 23.4 Å². The molecule has 0 saturated carbocycles. The van der Waals surface area contributed by atoms with Crippen LogP contribution < -0.4 is 10.1 Å². The molecule has 3 rings (SSSR count). The average molecular weight is 375 g/mol. The Labute approximate surface area is 155 Å². The molecule has 0 bridgehead atoms. The van der Waals surface area contributed by atoms with Gasteiger partial charge in [0.25, 0.3) is 0 Å². The van der Waals surface area contributed by atoms with Crippen molar-refractivity contribution < 1.29 is 14.5 Å².